The first kappa shape index (κ1) is 13.4. The lowest BCUT2D eigenvalue weighted by molar-refractivity contribution is -0.121. The van der Waals surface area contributed by atoms with Crippen molar-refractivity contribution in [3.63, 3.8) is 0 Å². The number of amides is 1. The van der Waals surface area contributed by atoms with Gasteiger partial charge in [0, 0.05) is 31.4 Å². The summed E-state index contributed by atoms with van der Waals surface area (Å²) in [6.45, 7) is 1.36. The van der Waals surface area contributed by atoms with Crippen LogP contribution in [0.25, 0.3) is 0 Å². The van der Waals surface area contributed by atoms with Crippen LogP contribution >= 0.6 is 0 Å². The summed E-state index contributed by atoms with van der Waals surface area (Å²) >= 11 is 0. The summed E-state index contributed by atoms with van der Waals surface area (Å²) in [5.41, 5.74) is 9.50. The van der Waals surface area contributed by atoms with Gasteiger partial charge in [-0.3, -0.25) is 4.79 Å². The monoisotopic (exact) mass is 274 g/mol. The minimum Gasteiger partial charge on any atom is -0.357 e. The van der Waals surface area contributed by atoms with Crippen molar-refractivity contribution >= 4 is 11.7 Å². The molecular formula is C15H22N4O. The third-order valence-corrected chi connectivity index (χ3v) is 4.40. The summed E-state index contributed by atoms with van der Waals surface area (Å²) < 4.78 is 0. The van der Waals surface area contributed by atoms with Gasteiger partial charge in [0.1, 0.15) is 11.9 Å². The number of anilines is 1. The van der Waals surface area contributed by atoms with Crippen LogP contribution in [0.1, 0.15) is 36.1 Å². The Morgan fingerprint density at radius 3 is 3.10 bits per heavy atom. The fourth-order valence-electron chi connectivity index (χ4n) is 3.37. The molecule has 1 aliphatic carbocycles. The highest BCUT2D eigenvalue weighted by molar-refractivity contribution is 5.85. The largest absolute Gasteiger partial charge is 0.357 e. The number of carbonyl (C=O) groups excluding carboxylic acids is 1. The molecule has 5 heteroatoms. The Morgan fingerprint density at radius 1 is 1.50 bits per heavy atom. The molecule has 1 aliphatic heterocycles. The van der Waals surface area contributed by atoms with Crippen LogP contribution in [0.4, 0.5) is 5.82 Å². The fourth-order valence-corrected chi connectivity index (χ4v) is 3.37. The molecule has 1 amide bonds. The van der Waals surface area contributed by atoms with Crippen LogP contribution in [-0.4, -0.2) is 30.5 Å². The maximum Gasteiger partial charge on any atom is 0.242 e. The van der Waals surface area contributed by atoms with Crippen molar-refractivity contribution in [2.75, 3.05) is 18.5 Å². The van der Waals surface area contributed by atoms with Crippen molar-refractivity contribution in [2.45, 2.75) is 44.7 Å². The number of fused-ring (bicyclic) bond motifs is 1. The van der Waals surface area contributed by atoms with Crippen molar-refractivity contribution in [3.05, 3.63) is 22.9 Å². The fraction of sp³-hybridized carbons (Fsp3) is 0.600. The van der Waals surface area contributed by atoms with E-state index < -0.39 is 0 Å². The Hall–Kier alpha value is -1.62. The molecule has 20 heavy (non-hydrogen) atoms. The van der Waals surface area contributed by atoms with Gasteiger partial charge in [-0.05, 0) is 43.7 Å². The summed E-state index contributed by atoms with van der Waals surface area (Å²) in [6, 6.07) is 2.10. The maximum atomic E-state index is 12.0. The first-order chi connectivity index (χ1) is 9.74. The van der Waals surface area contributed by atoms with Crippen LogP contribution in [0.5, 0.6) is 0 Å². The SMILES string of the molecule is CNC(=O)C1CCCN1c1nc2c(cc1CN)CCC2. The van der Waals surface area contributed by atoms with Crippen molar-refractivity contribution in [2.24, 2.45) is 5.73 Å². The highest BCUT2D eigenvalue weighted by Gasteiger charge is 2.32. The normalized spacial score (nSPS) is 21.1. The van der Waals surface area contributed by atoms with E-state index in [1.807, 2.05) is 0 Å². The second kappa shape index (κ2) is 5.40. The number of hydrogen-bond acceptors (Lipinski definition) is 4. The van der Waals surface area contributed by atoms with E-state index in [0.717, 1.165) is 43.6 Å². The van der Waals surface area contributed by atoms with Gasteiger partial charge in [-0.25, -0.2) is 4.98 Å². The van der Waals surface area contributed by atoms with Gasteiger partial charge in [0.2, 0.25) is 5.91 Å². The first-order valence-corrected chi connectivity index (χ1v) is 7.44. The summed E-state index contributed by atoms with van der Waals surface area (Å²) in [5.74, 6) is 1.01. The lowest BCUT2D eigenvalue weighted by Crippen LogP contribution is -2.43. The molecule has 1 aromatic rings. The molecular weight excluding hydrogens is 252 g/mol. The van der Waals surface area contributed by atoms with Crippen LogP contribution in [0.15, 0.2) is 6.07 Å². The predicted molar refractivity (Wildman–Crippen MR) is 78.6 cm³/mol. The molecule has 3 rings (SSSR count). The number of nitrogens with one attached hydrogen (secondary N) is 1. The molecule has 0 bridgehead atoms. The second-order valence-corrected chi connectivity index (χ2v) is 5.60. The predicted octanol–water partition coefficient (Wildman–Crippen LogP) is 0.744. The highest BCUT2D eigenvalue weighted by Crippen LogP contribution is 2.31. The van der Waals surface area contributed by atoms with Gasteiger partial charge in [0.15, 0.2) is 0 Å². The summed E-state index contributed by atoms with van der Waals surface area (Å²) in [5, 5.41) is 2.76. The van der Waals surface area contributed by atoms with Crippen LogP contribution in [0.3, 0.4) is 0 Å². The van der Waals surface area contributed by atoms with Crippen molar-refractivity contribution in [3.8, 4) is 0 Å². The number of aryl methyl sites for hydroxylation is 2. The molecule has 5 nitrogen and oxygen atoms in total. The number of rotatable bonds is 3. The van der Waals surface area contributed by atoms with Crippen molar-refractivity contribution in [1.29, 1.82) is 0 Å². The van der Waals surface area contributed by atoms with E-state index >= 15 is 0 Å². The molecule has 2 heterocycles. The zero-order valence-corrected chi connectivity index (χ0v) is 12.0. The number of pyridine rings is 1. The van der Waals surface area contributed by atoms with E-state index in [1.165, 1.54) is 17.7 Å². The molecule has 0 saturated carbocycles. The molecule has 1 saturated heterocycles. The molecule has 1 unspecified atom stereocenters. The minimum atomic E-state index is -0.0998. The molecule has 0 spiro atoms. The molecule has 1 atom stereocenters. The van der Waals surface area contributed by atoms with Crippen LogP contribution in [0, 0.1) is 0 Å². The molecule has 108 valence electrons. The van der Waals surface area contributed by atoms with Gasteiger partial charge in [0.05, 0.1) is 0 Å². The highest BCUT2D eigenvalue weighted by atomic mass is 16.2. The zero-order chi connectivity index (χ0) is 14.1. The van der Waals surface area contributed by atoms with Gasteiger partial charge in [-0.15, -0.1) is 0 Å². The summed E-state index contributed by atoms with van der Waals surface area (Å²) in [6.07, 6.45) is 5.25. The van der Waals surface area contributed by atoms with Gasteiger partial charge in [0.25, 0.3) is 0 Å². The van der Waals surface area contributed by atoms with Crippen LogP contribution < -0.4 is 16.0 Å². The van der Waals surface area contributed by atoms with Gasteiger partial charge < -0.3 is 16.0 Å². The minimum absolute atomic E-state index is 0.0766. The summed E-state index contributed by atoms with van der Waals surface area (Å²) in [7, 11) is 1.69. The van der Waals surface area contributed by atoms with E-state index in [0.29, 0.717) is 6.54 Å². The lowest BCUT2D eigenvalue weighted by atomic mass is 10.1. The van der Waals surface area contributed by atoms with Gasteiger partial charge in [-0.1, -0.05) is 0 Å². The standard InChI is InChI=1S/C15H22N4O/c1-17-15(20)13-6-3-7-19(13)14-11(9-16)8-10-4-2-5-12(10)18-14/h8,13H,2-7,9,16H2,1H3,(H,17,20). The van der Waals surface area contributed by atoms with E-state index in [9.17, 15) is 4.79 Å². The Labute approximate surface area is 119 Å². The van der Waals surface area contributed by atoms with Crippen LogP contribution in [0.2, 0.25) is 0 Å². The average Bonchev–Trinajstić information content (AvgIpc) is 3.12. The number of hydrogen-bond donors (Lipinski definition) is 2. The maximum absolute atomic E-state index is 12.0. The number of carbonyl (C=O) groups is 1. The Morgan fingerprint density at radius 2 is 2.35 bits per heavy atom. The Balaban J connectivity index is 1.98. The number of nitrogens with two attached hydrogens (primary N) is 1. The van der Waals surface area contributed by atoms with Gasteiger partial charge in [-0.2, -0.15) is 0 Å². The van der Waals surface area contributed by atoms with Crippen molar-refractivity contribution in [1.82, 2.24) is 10.3 Å². The summed E-state index contributed by atoms with van der Waals surface area (Å²) in [4.78, 5) is 19.0. The first-order valence-electron chi connectivity index (χ1n) is 7.44. The van der Waals surface area contributed by atoms with Crippen LogP contribution in [-0.2, 0) is 24.2 Å². The average molecular weight is 274 g/mol. The molecule has 1 fully saturated rings. The molecule has 1 aromatic heterocycles. The van der Waals surface area contributed by atoms with E-state index in [4.69, 9.17) is 10.7 Å². The van der Waals surface area contributed by atoms with Crippen molar-refractivity contribution < 1.29 is 4.79 Å². The van der Waals surface area contributed by atoms with E-state index in [-0.39, 0.29) is 11.9 Å². The Bertz CT molecular complexity index is 529. The number of likely N-dealkylation sites (N-methyl/N-ethyl adjacent to an activating group) is 1. The quantitative estimate of drug-likeness (QED) is 0.853. The number of aromatic nitrogens is 1. The molecule has 2 aliphatic rings. The number of nitrogens with zero attached hydrogens (tertiary/aromatic N) is 2. The topological polar surface area (TPSA) is 71.2 Å². The van der Waals surface area contributed by atoms with E-state index in [1.54, 1.807) is 7.05 Å². The van der Waals surface area contributed by atoms with E-state index in [2.05, 4.69) is 16.3 Å². The lowest BCUT2D eigenvalue weighted by Gasteiger charge is -2.27. The third kappa shape index (κ3) is 2.16. The Kier molecular flexibility index (Phi) is 3.61. The molecule has 0 aromatic carbocycles. The second-order valence-electron chi connectivity index (χ2n) is 5.60. The van der Waals surface area contributed by atoms with Gasteiger partial charge >= 0.3 is 0 Å². The smallest absolute Gasteiger partial charge is 0.242 e. The molecule has 0 radical (unpaired) electrons. The molecule has 3 N–H and O–H groups in total. The third-order valence-electron chi connectivity index (χ3n) is 4.40. The zero-order valence-electron chi connectivity index (χ0n) is 12.0.